The summed E-state index contributed by atoms with van der Waals surface area (Å²) in [5.74, 6) is 0. The van der Waals surface area contributed by atoms with Crippen LogP contribution < -0.4 is 29.6 Å². The molecule has 0 fully saturated rings. The van der Waals surface area contributed by atoms with Gasteiger partial charge >= 0.3 is 29.6 Å². The third-order valence-electron chi connectivity index (χ3n) is 3.79. The van der Waals surface area contributed by atoms with Crippen LogP contribution in [-0.2, 0) is 10.1 Å². The molecule has 0 spiro atoms. The van der Waals surface area contributed by atoms with Gasteiger partial charge in [-0.25, -0.2) is 8.42 Å². The summed E-state index contributed by atoms with van der Waals surface area (Å²) in [6.45, 7) is 3.98. The molecule has 0 aliphatic heterocycles. The first-order valence-corrected chi connectivity index (χ1v) is 9.51. The van der Waals surface area contributed by atoms with E-state index in [4.69, 9.17) is 0 Å². The second-order valence-corrected chi connectivity index (χ2v) is 7.33. The van der Waals surface area contributed by atoms with Crippen LogP contribution in [0.2, 0.25) is 0 Å². The zero-order valence-corrected chi connectivity index (χ0v) is 16.8. The minimum Gasteiger partial charge on any atom is -0.748 e. The van der Waals surface area contributed by atoms with Crippen LogP contribution >= 0.6 is 0 Å². The first-order chi connectivity index (χ1) is 9.41. The van der Waals surface area contributed by atoms with Gasteiger partial charge in [-0.1, -0.05) is 65.2 Å². The molecule has 0 amide bonds. The second-order valence-electron chi connectivity index (χ2n) is 5.68. The molecule has 21 heavy (non-hydrogen) atoms. The number of aliphatic hydroxyl groups excluding tert-OH is 1. The maximum Gasteiger partial charge on any atom is 1.00 e. The van der Waals surface area contributed by atoms with Gasteiger partial charge < -0.3 is 9.66 Å². The molecule has 122 valence electrons. The third kappa shape index (κ3) is 14.2. The van der Waals surface area contributed by atoms with E-state index in [1.54, 1.807) is 6.92 Å². The van der Waals surface area contributed by atoms with Gasteiger partial charge in [-0.3, -0.25) is 0 Å². The van der Waals surface area contributed by atoms with Gasteiger partial charge in [-0.2, -0.15) is 0 Å². The van der Waals surface area contributed by atoms with Crippen LogP contribution in [0.5, 0.6) is 0 Å². The Bertz CT molecular complexity index is 320. The standard InChI is InChI=1S/C15H32O4S.Na/c1-3-5-6-7-8-9-10-11-12-15(20(17,18)19)13-14(16)4-2;/h14-16H,3-13H2,1-2H3,(H,17,18,19);/q;+1/p-1. The SMILES string of the molecule is CCCCCCCCCCC(CC(O)CC)S(=O)(=O)[O-].[Na+]. The first kappa shape index (κ1) is 24.1. The Balaban J connectivity index is 0. The molecular formula is C15H31NaO4S. The molecule has 1 N–H and O–H groups in total. The van der Waals surface area contributed by atoms with Crippen molar-refractivity contribution in [2.45, 2.75) is 95.8 Å². The van der Waals surface area contributed by atoms with E-state index in [0.717, 1.165) is 19.3 Å². The molecular weight excluding hydrogens is 299 g/mol. The predicted octanol–water partition coefficient (Wildman–Crippen LogP) is 0.596. The number of aliphatic hydroxyl groups is 1. The normalized spacial score (nSPS) is 14.5. The fraction of sp³-hybridized carbons (Fsp3) is 1.00. The summed E-state index contributed by atoms with van der Waals surface area (Å²) in [6, 6.07) is 0. The van der Waals surface area contributed by atoms with Crippen molar-refractivity contribution < 1.29 is 47.6 Å². The van der Waals surface area contributed by atoms with Crippen molar-refractivity contribution in [2.24, 2.45) is 0 Å². The molecule has 0 aromatic heterocycles. The van der Waals surface area contributed by atoms with E-state index >= 15 is 0 Å². The average molecular weight is 330 g/mol. The number of hydrogen-bond acceptors (Lipinski definition) is 4. The van der Waals surface area contributed by atoms with Crippen LogP contribution in [0, 0.1) is 0 Å². The van der Waals surface area contributed by atoms with Crippen molar-refractivity contribution in [1.29, 1.82) is 0 Å². The third-order valence-corrected chi connectivity index (χ3v) is 5.04. The summed E-state index contributed by atoms with van der Waals surface area (Å²) in [4.78, 5) is 0. The van der Waals surface area contributed by atoms with Crippen molar-refractivity contribution >= 4 is 10.1 Å². The van der Waals surface area contributed by atoms with Crippen LogP contribution in [-0.4, -0.2) is 29.4 Å². The van der Waals surface area contributed by atoms with Crippen LogP contribution in [0.3, 0.4) is 0 Å². The number of rotatable bonds is 13. The molecule has 0 aliphatic carbocycles. The van der Waals surface area contributed by atoms with Crippen LogP contribution in [0.15, 0.2) is 0 Å². The minimum absolute atomic E-state index is 0. The van der Waals surface area contributed by atoms with Crippen molar-refractivity contribution in [2.75, 3.05) is 0 Å². The summed E-state index contributed by atoms with van der Waals surface area (Å²) in [6.07, 6.45) is 9.34. The molecule has 0 rings (SSSR count). The zero-order valence-electron chi connectivity index (χ0n) is 14.0. The molecule has 0 aromatic rings. The van der Waals surface area contributed by atoms with E-state index in [1.165, 1.54) is 32.1 Å². The van der Waals surface area contributed by atoms with E-state index in [0.29, 0.717) is 12.8 Å². The molecule has 2 unspecified atom stereocenters. The quantitative estimate of drug-likeness (QED) is 0.305. The molecule has 0 saturated carbocycles. The number of unbranched alkanes of at least 4 members (excludes halogenated alkanes) is 7. The molecule has 0 bridgehead atoms. The maximum atomic E-state index is 11.2. The Labute approximate surface area is 153 Å². The van der Waals surface area contributed by atoms with Gasteiger partial charge in [0.15, 0.2) is 0 Å². The topological polar surface area (TPSA) is 77.4 Å². The molecule has 0 radical (unpaired) electrons. The Morgan fingerprint density at radius 1 is 0.952 bits per heavy atom. The van der Waals surface area contributed by atoms with Gasteiger partial charge in [0.2, 0.25) is 0 Å². The Morgan fingerprint density at radius 2 is 1.43 bits per heavy atom. The summed E-state index contributed by atoms with van der Waals surface area (Å²) in [7, 11) is -4.28. The molecule has 6 heteroatoms. The minimum atomic E-state index is -4.28. The van der Waals surface area contributed by atoms with Gasteiger partial charge in [0, 0.05) is 0 Å². The molecule has 0 aromatic carbocycles. The van der Waals surface area contributed by atoms with Crippen LogP contribution in [0.1, 0.15) is 84.5 Å². The Hall–Kier alpha value is 0.870. The molecule has 0 saturated heterocycles. The van der Waals surface area contributed by atoms with E-state index in [2.05, 4.69) is 6.92 Å². The fourth-order valence-electron chi connectivity index (χ4n) is 2.36. The van der Waals surface area contributed by atoms with Crippen molar-refractivity contribution in [3.63, 3.8) is 0 Å². The molecule has 4 nitrogen and oxygen atoms in total. The second kappa shape index (κ2) is 14.5. The monoisotopic (exact) mass is 330 g/mol. The first-order valence-electron chi connectivity index (χ1n) is 8.04. The van der Waals surface area contributed by atoms with Crippen molar-refractivity contribution in [3.8, 4) is 0 Å². The van der Waals surface area contributed by atoms with E-state index in [-0.39, 0.29) is 36.0 Å². The summed E-state index contributed by atoms with van der Waals surface area (Å²) in [5.41, 5.74) is 0. The summed E-state index contributed by atoms with van der Waals surface area (Å²) >= 11 is 0. The van der Waals surface area contributed by atoms with E-state index in [9.17, 15) is 18.1 Å². The van der Waals surface area contributed by atoms with Crippen LogP contribution in [0.4, 0.5) is 0 Å². The summed E-state index contributed by atoms with van der Waals surface area (Å²) in [5, 5.41) is 8.59. The Kier molecular flexibility index (Phi) is 16.6. The zero-order chi connectivity index (χ0) is 15.4. The van der Waals surface area contributed by atoms with E-state index < -0.39 is 21.5 Å². The number of hydrogen-bond donors (Lipinski definition) is 1. The molecule has 0 aliphatic rings. The van der Waals surface area contributed by atoms with Crippen LogP contribution in [0.25, 0.3) is 0 Å². The smallest absolute Gasteiger partial charge is 0.748 e. The molecule has 2 atom stereocenters. The summed E-state index contributed by atoms with van der Waals surface area (Å²) < 4.78 is 33.5. The fourth-order valence-corrected chi connectivity index (χ4v) is 3.27. The van der Waals surface area contributed by atoms with E-state index in [1.807, 2.05) is 0 Å². The van der Waals surface area contributed by atoms with Gasteiger partial charge in [0.05, 0.1) is 21.5 Å². The predicted molar refractivity (Wildman–Crippen MR) is 81.6 cm³/mol. The van der Waals surface area contributed by atoms with Gasteiger partial charge in [0.25, 0.3) is 0 Å². The average Bonchev–Trinajstić information content (AvgIpc) is 2.38. The Morgan fingerprint density at radius 3 is 1.86 bits per heavy atom. The van der Waals surface area contributed by atoms with Gasteiger partial charge in [-0.05, 0) is 19.3 Å². The largest absolute Gasteiger partial charge is 1.00 e. The van der Waals surface area contributed by atoms with Crippen molar-refractivity contribution in [3.05, 3.63) is 0 Å². The van der Waals surface area contributed by atoms with Gasteiger partial charge in [0.1, 0.15) is 0 Å². The maximum absolute atomic E-state index is 11.2. The van der Waals surface area contributed by atoms with Crippen molar-refractivity contribution in [1.82, 2.24) is 0 Å². The molecule has 0 heterocycles. The van der Waals surface area contributed by atoms with Gasteiger partial charge in [-0.15, -0.1) is 0 Å².